The molecule has 3 nitrogen and oxygen atoms in total. The molecule has 1 heterocycles. The van der Waals surface area contributed by atoms with Gasteiger partial charge in [0.2, 0.25) is 0 Å². The van der Waals surface area contributed by atoms with Crippen LogP contribution in [0.5, 0.6) is 0 Å². The summed E-state index contributed by atoms with van der Waals surface area (Å²) in [6.45, 7) is 7.95. The van der Waals surface area contributed by atoms with E-state index in [1.54, 1.807) is 0 Å². The van der Waals surface area contributed by atoms with Gasteiger partial charge in [-0.1, -0.05) is 194 Å². The highest BCUT2D eigenvalue weighted by Gasteiger charge is 2.46. The molecule has 0 N–H and O–H groups in total. The molecule has 0 unspecified atom stereocenters. The average Bonchev–Trinajstić information content (AvgIpc) is 3.57. The number of hydrogen-bond donors (Lipinski definition) is 0. The van der Waals surface area contributed by atoms with E-state index in [4.69, 9.17) is 16.5 Å². The molecule has 0 bridgehead atoms. The third kappa shape index (κ3) is 5.27. The number of aromatic nitrogens is 2. The van der Waals surface area contributed by atoms with E-state index in [2.05, 4.69) is 181 Å². The van der Waals surface area contributed by atoms with Gasteiger partial charge in [-0.25, -0.2) is 14.8 Å². The Morgan fingerprint density at radius 2 is 0.982 bits per heavy atom. The summed E-state index contributed by atoms with van der Waals surface area (Å²) in [7, 11) is 0. The molecule has 8 aromatic carbocycles. The predicted octanol–water partition coefficient (Wildman–Crippen LogP) is 13.2. The minimum Gasteiger partial charge on any atom is -0.238 e. The molecule has 0 aliphatic heterocycles. The first-order chi connectivity index (χ1) is 27.2. The normalized spacial score (nSPS) is 12.5. The molecule has 1 aromatic heterocycles. The van der Waals surface area contributed by atoms with Crippen molar-refractivity contribution in [3.63, 3.8) is 0 Å². The van der Waals surface area contributed by atoms with Gasteiger partial charge in [0.05, 0.1) is 23.4 Å². The van der Waals surface area contributed by atoms with Gasteiger partial charge in [-0.3, -0.25) is 0 Å². The van der Waals surface area contributed by atoms with Gasteiger partial charge in [0, 0.05) is 16.7 Å². The second-order valence-electron chi connectivity index (χ2n) is 14.0. The number of fused-ring (bicyclic) bond motifs is 4. The van der Waals surface area contributed by atoms with Gasteiger partial charge in [-0.05, 0) is 61.3 Å². The summed E-state index contributed by atoms with van der Waals surface area (Å²) in [6, 6.07) is 70.3. The van der Waals surface area contributed by atoms with E-state index in [0.29, 0.717) is 11.5 Å². The molecule has 1 aliphatic rings. The molecule has 256 valence electrons. The predicted molar refractivity (Wildman–Crippen MR) is 225 cm³/mol. The van der Waals surface area contributed by atoms with Crippen LogP contribution in [0, 0.1) is 6.57 Å². The van der Waals surface area contributed by atoms with Gasteiger partial charge < -0.3 is 0 Å². The Morgan fingerprint density at radius 1 is 0.418 bits per heavy atom. The summed E-state index contributed by atoms with van der Waals surface area (Å²) in [6.07, 6.45) is 0. The average molecular weight is 700 g/mol. The van der Waals surface area contributed by atoms with Crippen molar-refractivity contribution in [1.82, 2.24) is 9.97 Å². The van der Waals surface area contributed by atoms with E-state index < -0.39 is 5.41 Å². The van der Waals surface area contributed by atoms with Crippen LogP contribution in [0.15, 0.2) is 200 Å². The van der Waals surface area contributed by atoms with Gasteiger partial charge in [0.15, 0.2) is 11.5 Å². The van der Waals surface area contributed by atoms with Crippen molar-refractivity contribution in [3.05, 3.63) is 234 Å². The van der Waals surface area contributed by atoms with Crippen molar-refractivity contribution >= 4 is 16.5 Å². The highest BCUT2D eigenvalue weighted by Crippen LogP contribution is 2.59. The molecule has 1 aliphatic carbocycles. The van der Waals surface area contributed by atoms with E-state index >= 15 is 0 Å². The second kappa shape index (κ2) is 13.2. The van der Waals surface area contributed by atoms with Gasteiger partial charge in [-0.15, -0.1) is 0 Å². The standard InChI is InChI=1S/C52H33N3/c1-53-41-31-32-45-47(33-41)52(39-19-7-3-8-20-39,40-21-9-4-10-22-40)46-26-14-24-43(50(45)46)36-27-29-38(30-28-36)49-34-48(37-16-5-2-6-17-37)54-51(55-49)44-25-13-18-35-15-11-12-23-42(35)44/h2-34H. The van der Waals surface area contributed by atoms with Crippen molar-refractivity contribution in [2.75, 3.05) is 0 Å². The fourth-order valence-corrected chi connectivity index (χ4v) is 8.55. The molecule has 9 aromatic rings. The van der Waals surface area contributed by atoms with Crippen LogP contribution in [0.1, 0.15) is 22.3 Å². The molecule has 55 heavy (non-hydrogen) atoms. The largest absolute Gasteiger partial charge is 0.238 e. The Hall–Kier alpha value is -7.41. The van der Waals surface area contributed by atoms with Crippen molar-refractivity contribution < 1.29 is 0 Å². The Labute approximate surface area is 320 Å². The first-order valence-electron chi connectivity index (χ1n) is 18.5. The van der Waals surface area contributed by atoms with Crippen LogP contribution < -0.4 is 0 Å². The smallest absolute Gasteiger partial charge is 0.187 e. The van der Waals surface area contributed by atoms with Crippen molar-refractivity contribution in [1.29, 1.82) is 0 Å². The maximum absolute atomic E-state index is 7.95. The molecule has 3 heteroatoms. The molecule has 0 radical (unpaired) electrons. The van der Waals surface area contributed by atoms with Crippen LogP contribution in [-0.4, -0.2) is 9.97 Å². The van der Waals surface area contributed by atoms with Crippen LogP contribution >= 0.6 is 0 Å². The zero-order chi connectivity index (χ0) is 36.8. The van der Waals surface area contributed by atoms with E-state index in [1.807, 2.05) is 24.3 Å². The van der Waals surface area contributed by atoms with Crippen LogP contribution in [0.25, 0.3) is 71.8 Å². The van der Waals surface area contributed by atoms with Crippen molar-refractivity contribution in [2.24, 2.45) is 0 Å². The molecule has 0 amide bonds. The van der Waals surface area contributed by atoms with Gasteiger partial charge in [-0.2, -0.15) is 0 Å². The van der Waals surface area contributed by atoms with E-state index in [9.17, 15) is 0 Å². The van der Waals surface area contributed by atoms with Crippen molar-refractivity contribution in [3.8, 4) is 56.2 Å². The third-order valence-corrected chi connectivity index (χ3v) is 11.0. The lowest BCUT2D eigenvalue weighted by Gasteiger charge is -2.34. The monoisotopic (exact) mass is 699 g/mol. The van der Waals surface area contributed by atoms with Crippen LogP contribution in [0.2, 0.25) is 0 Å². The maximum Gasteiger partial charge on any atom is 0.187 e. The Morgan fingerprint density at radius 3 is 1.67 bits per heavy atom. The van der Waals surface area contributed by atoms with Crippen LogP contribution in [0.3, 0.4) is 0 Å². The summed E-state index contributed by atoms with van der Waals surface area (Å²) >= 11 is 0. The fourth-order valence-electron chi connectivity index (χ4n) is 8.55. The number of nitrogens with zero attached hydrogens (tertiary/aromatic N) is 3. The van der Waals surface area contributed by atoms with Gasteiger partial charge in [0.25, 0.3) is 0 Å². The second-order valence-corrected chi connectivity index (χ2v) is 14.0. The van der Waals surface area contributed by atoms with Crippen LogP contribution in [-0.2, 0) is 5.41 Å². The molecular formula is C52H33N3. The first kappa shape index (κ1) is 32.3. The number of benzene rings is 8. The van der Waals surface area contributed by atoms with Gasteiger partial charge >= 0.3 is 0 Å². The summed E-state index contributed by atoms with van der Waals surface area (Å²) < 4.78 is 0. The third-order valence-electron chi connectivity index (χ3n) is 11.0. The quantitative estimate of drug-likeness (QED) is 0.162. The van der Waals surface area contributed by atoms with Gasteiger partial charge in [0.1, 0.15) is 0 Å². The molecule has 10 rings (SSSR count). The fraction of sp³-hybridized carbons (Fsp3) is 0.0192. The van der Waals surface area contributed by atoms with Crippen molar-refractivity contribution in [2.45, 2.75) is 5.41 Å². The first-order valence-corrected chi connectivity index (χ1v) is 18.5. The van der Waals surface area contributed by atoms with E-state index in [1.165, 1.54) is 22.3 Å². The number of hydrogen-bond acceptors (Lipinski definition) is 2. The Kier molecular flexibility index (Phi) is 7.75. The minimum atomic E-state index is -0.587. The minimum absolute atomic E-state index is 0.587. The highest BCUT2D eigenvalue weighted by atomic mass is 14.9. The molecule has 0 saturated heterocycles. The summed E-state index contributed by atoms with van der Waals surface area (Å²) in [4.78, 5) is 14.2. The summed E-state index contributed by atoms with van der Waals surface area (Å²) in [5.41, 5.74) is 14.2. The van der Waals surface area contributed by atoms with E-state index in [0.717, 1.165) is 61.1 Å². The SMILES string of the molecule is [C-]#[N+]c1ccc2c(c1)C(c1ccccc1)(c1ccccc1)c1cccc(-c3ccc(-c4cc(-c5ccccc5)nc(-c5cccc6ccccc56)n4)cc3)c1-2. The topological polar surface area (TPSA) is 30.1 Å². The molecular weight excluding hydrogens is 667 g/mol. The molecule has 0 atom stereocenters. The summed E-state index contributed by atoms with van der Waals surface area (Å²) in [5, 5.41) is 2.28. The zero-order valence-corrected chi connectivity index (χ0v) is 29.9. The lowest BCUT2D eigenvalue weighted by atomic mass is 9.67. The Balaban J connectivity index is 1.14. The molecule has 0 saturated carbocycles. The summed E-state index contributed by atoms with van der Waals surface area (Å²) in [5.74, 6) is 0.701. The Bertz CT molecular complexity index is 2860. The zero-order valence-electron chi connectivity index (χ0n) is 29.9. The maximum atomic E-state index is 7.95. The molecule has 0 spiro atoms. The molecule has 0 fully saturated rings. The lowest BCUT2D eigenvalue weighted by Crippen LogP contribution is -2.28. The van der Waals surface area contributed by atoms with Crippen LogP contribution in [0.4, 0.5) is 5.69 Å². The number of rotatable bonds is 6. The highest BCUT2D eigenvalue weighted by molar-refractivity contribution is 5.97. The van der Waals surface area contributed by atoms with E-state index in [-0.39, 0.29) is 0 Å². The lowest BCUT2D eigenvalue weighted by molar-refractivity contribution is 0.769.